The number of rotatable bonds is 2. The molecule has 0 aromatic heterocycles. The Hall–Kier alpha value is -1.77. The number of methoxy groups -OCH3 is 1. The summed E-state index contributed by atoms with van der Waals surface area (Å²) in [5.74, 6) is -2.59. The molecule has 1 heterocycles. The number of carbonyl (C=O) groups excluding carboxylic acids is 2. The van der Waals surface area contributed by atoms with E-state index in [9.17, 15) is 14.7 Å². The highest BCUT2D eigenvalue weighted by Gasteiger charge is 2.50. The maximum Gasteiger partial charge on any atom is 0.348 e. The summed E-state index contributed by atoms with van der Waals surface area (Å²) in [4.78, 5) is 24.6. The zero-order valence-electron chi connectivity index (χ0n) is 14.1. The molecule has 1 aromatic carbocycles. The first-order chi connectivity index (χ1) is 11.0. The normalized spacial score (nSPS) is 21.2. The first-order valence-electron chi connectivity index (χ1n) is 7.23. The molecule has 0 spiro atoms. The molecular weight excluding hydrogens is 427 g/mol. The second-order valence-electron chi connectivity index (χ2n) is 6.59. The number of esters is 2. The number of benzene rings is 1. The third kappa shape index (κ3) is 3.35. The molecule has 0 unspecified atom stereocenters. The van der Waals surface area contributed by atoms with Crippen LogP contribution in [0.3, 0.4) is 0 Å². The lowest BCUT2D eigenvalue weighted by molar-refractivity contribution is -0.261. The van der Waals surface area contributed by atoms with Gasteiger partial charge in [-0.3, -0.25) is 0 Å². The molecule has 1 saturated heterocycles. The number of cyclic esters (lactones) is 2. The monoisotopic (exact) mass is 446 g/mol. The zero-order valence-corrected chi connectivity index (χ0v) is 16.3. The molecule has 1 N–H and O–H groups in total. The summed E-state index contributed by atoms with van der Waals surface area (Å²) in [5, 5.41) is 9.85. The van der Waals surface area contributed by atoms with Gasteiger partial charge in [0.2, 0.25) is 0 Å². The maximum atomic E-state index is 12.3. The predicted octanol–water partition coefficient (Wildman–Crippen LogP) is 3.25. The van der Waals surface area contributed by atoms with Crippen LogP contribution in [0.2, 0.25) is 0 Å². The number of phenols is 1. The molecule has 2 rings (SSSR count). The van der Waals surface area contributed by atoms with Crippen LogP contribution >= 0.6 is 22.6 Å². The van der Waals surface area contributed by atoms with Crippen LogP contribution in [0.25, 0.3) is 6.08 Å². The summed E-state index contributed by atoms with van der Waals surface area (Å²) in [6, 6.07) is 3.13. The summed E-state index contributed by atoms with van der Waals surface area (Å²) < 4.78 is 16.3. The average molecular weight is 446 g/mol. The molecule has 130 valence electrons. The van der Waals surface area contributed by atoms with E-state index in [1.165, 1.54) is 19.3 Å². The summed E-state index contributed by atoms with van der Waals surface area (Å²) in [6.45, 7) is 7.01. The SMILES string of the molecule is COc1cc(C=C2C(=O)OC(C)(C(C)(C)C)OC2=O)cc(I)c1O. The van der Waals surface area contributed by atoms with Crippen LogP contribution in [0, 0.1) is 8.99 Å². The van der Waals surface area contributed by atoms with Crippen molar-refractivity contribution in [3.63, 3.8) is 0 Å². The molecule has 24 heavy (non-hydrogen) atoms. The third-order valence-electron chi connectivity index (χ3n) is 3.96. The molecule has 0 bridgehead atoms. The van der Waals surface area contributed by atoms with Gasteiger partial charge in [-0.1, -0.05) is 20.8 Å². The molecule has 0 radical (unpaired) electrons. The Balaban J connectivity index is 2.41. The summed E-state index contributed by atoms with van der Waals surface area (Å²) in [7, 11) is 1.42. The highest BCUT2D eigenvalue weighted by molar-refractivity contribution is 14.1. The molecule has 1 aromatic rings. The molecule has 0 saturated carbocycles. The van der Waals surface area contributed by atoms with Crippen molar-refractivity contribution in [3.8, 4) is 11.5 Å². The Morgan fingerprint density at radius 3 is 2.21 bits per heavy atom. The largest absolute Gasteiger partial charge is 0.504 e. The van der Waals surface area contributed by atoms with E-state index in [0.29, 0.717) is 9.13 Å². The van der Waals surface area contributed by atoms with Crippen LogP contribution in [0.4, 0.5) is 0 Å². The fraction of sp³-hybridized carbons (Fsp3) is 0.412. The van der Waals surface area contributed by atoms with Gasteiger partial charge in [-0.05, 0) is 46.4 Å². The van der Waals surface area contributed by atoms with Gasteiger partial charge in [0.15, 0.2) is 11.5 Å². The maximum absolute atomic E-state index is 12.3. The minimum Gasteiger partial charge on any atom is -0.504 e. The molecule has 1 aliphatic heterocycles. The molecule has 0 amide bonds. The molecular formula is C17H19IO6. The molecule has 1 aliphatic rings. The highest BCUT2D eigenvalue weighted by atomic mass is 127. The van der Waals surface area contributed by atoms with Gasteiger partial charge >= 0.3 is 11.9 Å². The van der Waals surface area contributed by atoms with Crippen LogP contribution in [0.15, 0.2) is 17.7 Å². The highest BCUT2D eigenvalue weighted by Crippen LogP contribution is 2.39. The first kappa shape index (κ1) is 18.6. The number of carbonyl (C=O) groups is 2. The van der Waals surface area contributed by atoms with Gasteiger partial charge in [-0.15, -0.1) is 0 Å². The Bertz CT molecular complexity index is 709. The summed E-state index contributed by atoms with van der Waals surface area (Å²) in [5.41, 5.74) is -0.265. The van der Waals surface area contributed by atoms with Crippen molar-refractivity contribution in [1.82, 2.24) is 0 Å². The van der Waals surface area contributed by atoms with Gasteiger partial charge in [-0.2, -0.15) is 0 Å². The summed E-state index contributed by atoms with van der Waals surface area (Å²) in [6.07, 6.45) is 1.36. The van der Waals surface area contributed by atoms with Gasteiger partial charge < -0.3 is 19.3 Å². The number of halogens is 1. The van der Waals surface area contributed by atoms with Crippen molar-refractivity contribution in [2.45, 2.75) is 33.5 Å². The Kier molecular flexibility index (Phi) is 4.85. The van der Waals surface area contributed by atoms with Gasteiger partial charge in [0.25, 0.3) is 5.79 Å². The fourth-order valence-corrected chi connectivity index (χ4v) is 2.62. The second-order valence-corrected chi connectivity index (χ2v) is 7.75. The average Bonchev–Trinajstić information content (AvgIpc) is 2.45. The number of hydrogen-bond acceptors (Lipinski definition) is 6. The van der Waals surface area contributed by atoms with E-state index in [1.54, 1.807) is 13.0 Å². The zero-order chi connectivity index (χ0) is 18.3. The quantitative estimate of drug-likeness (QED) is 0.325. The van der Waals surface area contributed by atoms with E-state index in [1.807, 2.05) is 43.4 Å². The van der Waals surface area contributed by atoms with Crippen molar-refractivity contribution in [1.29, 1.82) is 0 Å². The lowest BCUT2D eigenvalue weighted by Crippen LogP contribution is -2.52. The van der Waals surface area contributed by atoms with Crippen molar-refractivity contribution in [2.24, 2.45) is 5.41 Å². The third-order valence-corrected chi connectivity index (χ3v) is 4.78. The van der Waals surface area contributed by atoms with E-state index >= 15 is 0 Å². The second kappa shape index (κ2) is 6.27. The van der Waals surface area contributed by atoms with E-state index in [-0.39, 0.29) is 17.1 Å². The van der Waals surface area contributed by atoms with Crippen LogP contribution in [0.1, 0.15) is 33.3 Å². The van der Waals surface area contributed by atoms with Gasteiger partial charge in [0.05, 0.1) is 10.7 Å². The van der Waals surface area contributed by atoms with E-state index in [0.717, 1.165) is 0 Å². The van der Waals surface area contributed by atoms with Crippen LogP contribution in [-0.2, 0) is 19.1 Å². The van der Waals surface area contributed by atoms with E-state index in [4.69, 9.17) is 14.2 Å². The first-order valence-corrected chi connectivity index (χ1v) is 8.31. The van der Waals surface area contributed by atoms with E-state index < -0.39 is 23.1 Å². The fourth-order valence-electron chi connectivity index (χ4n) is 1.99. The van der Waals surface area contributed by atoms with Crippen molar-refractivity contribution in [2.75, 3.05) is 7.11 Å². The lowest BCUT2D eigenvalue weighted by atomic mass is 9.85. The Labute approximate surface area is 153 Å². The standard InChI is InChI=1S/C17H19IO6/c1-16(2,3)17(4)23-14(20)10(15(21)24-17)6-9-7-11(18)13(19)12(8-9)22-5/h6-8,19H,1-5H3. The minimum atomic E-state index is -1.33. The lowest BCUT2D eigenvalue weighted by Gasteiger charge is -2.42. The number of phenolic OH excluding ortho intramolecular Hbond substituents is 1. The van der Waals surface area contributed by atoms with Crippen LogP contribution in [-0.4, -0.2) is 29.9 Å². The van der Waals surface area contributed by atoms with Gasteiger partial charge in [0.1, 0.15) is 5.57 Å². The molecule has 0 aliphatic carbocycles. The van der Waals surface area contributed by atoms with Crippen LogP contribution < -0.4 is 4.74 Å². The molecule has 7 heteroatoms. The number of ether oxygens (including phenoxy) is 3. The Morgan fingerprint density at radius 2 is 1.75 bits per heavy atom. The molecule has 6 nitrogen and oxygen atoms in total. The number of hydrogen-bond donors (Lipinski definition) is 1. The molecule has 1 fully saturated rings. The topological polar surface area (TPSA) is 82.1 Å². The van der Waals surface area contributed by atoms with Crippen molar-refractivity contribution < 1.29 is 28.9 Å². The predicted molar refractivity (Wildman–Crippen MR) is 95.4 cm³/mol. The van der Waals surface area contributed by atoms with Gasteiger partial charge in [-0.25, -0.2) is 9.59 Å². The van der Waals surface area contributed by atoms with E-state index in [2.05, 4.69) is 0 Å². The Morgan fingerprint density at radius 1 is 1.21 bits per heavy atom. The van der Waals surface area contributed by atoms with Gasteiger partial charge in [0, 0.05) is 12.3 Å². The number of aromatic hydroxyl groups is 1. The van der Waals surface area contributed by atoms with Crippen molar-refractivity contribution in [3.05, 3.63) is 26.8 Å². The smallest absolute Gasteiger partial charge is 0.348 e. The molecule has 0 atom stereocenters. The van der Waals surface area contributed by atoms with Crippen molar-refractivity contribution >= 4 is 40.6 Å². The van der Waals surface area contributed by atoms with Crippen LogP contribution in [0.5, 0.6) is 11.5 Å². The minimum absolute atomic E-state index is 0.00523. The summed E-state index contributed by atoms with van der Waals surface area (Å²) >= 11 is 1.93.